The van der Waals surface area contributed by atoms with Gasteiger partial charge in [-0.1, -0.05) is 0 Å². The molecule has 4 rings (SSSR count). The maximum atomic E-state index is 13.8. The topological polar surface area (TPSA) is 115 Å². The molecular weight excluding hydrogens is 393 g/mol. The Kier molecular flexibility index (Phi) is 5.61. The lowest BCUT2D eigenvalue weighted by Gasteiger charge is -2.13. The molecule has 0 aliphatic heterocycles. The third kappa shape index (κ3) is 4.25. The van der Waals surface area contributed by atoms with Crippen LogP contribution in [0.1, 0.15) is 23.2 Å². The summed E-state index contributed by atoms with van der Waals surface area (Å²) in [6, 6.07) is 3.16. The number of halogens is 1. The van der Waals surface area contributed by atoms with Crippen LogP contribution in [0.25, 0.3) is 5.65 Å². The molecule has 0 spiro atoms. The third-order valence-electron chi connectivity index (χ3n) is 4.49. The normalized spacial score (nSPS) is 13.3. The number of anilines is 3. The van der Waals surface area contributed by atoms with Crippen LogP contribution in [0.5, 0.6) is 5.88 Å². The summed E-state index contributed by atoms with van der Waals surface area (Å²) in [7, 11) is 3.29. The van der Waals surface area contributed by atoms with Gasteiger partial charge in [-0.2, -0.15) is 9.61 Å². The molecule has 3 aromatic heterocycles. The van der Waals surface area contributed by atoms with Crippen molar-refractivity contribution in [3.63, 3.8) is 0 Å². The van der Waals surface area contributed by atoms with Crippen molar-refractivity contribution in [1.29, 1.82) is 0 Å². The number of pyridine rings is 1. The third-order valence-corrected chi connectivity index (χ3v) is 4.49. The van der Waals surface area contributed by atoms with Crippen molar-refractivity contribution in [2.45, 2.75) is 18.9 Å². The second kappa shape index (κ2) is 8.49. The average Bonchev–Trinajstić information content (AvgIpc) is 3.44. The van der Waals surface area contributed by atoms with Gasteiger partial charge in [0.05, 0.1) is 19.0 Å². The number of hydrogen-bond acceptors (Lipinski definition) is 8. The van der Waals surface area contributed by atoms with Crippen molar-refractivity contribution in [2.75, 3.05) is 38.0 Å². The first-order valence-electron chi connectivity index (χ1n) is 9.50. The SMILES string of the molecule is CNc1cc(Nc2cc(F)cnc2OCCOC)nc2c(C(=O)NC3CC3)cnn12. The number of ether oxygens (including phenoxy) is 2. The highest BCUT2D eigenvalue weighted by molar-refractivity contribution is 6.00. The van der Waals surface area contributed by atoms with E-state index in [1.165, 1.54) is 16.8 Å². The number of nitrogens with one attached hydrogen (secondary N) is 3. The lowest BCUT2D eigenvalue weighted by Crippen LogP contribution is -2.25. The molecule has 10 nitrogen and oxygen atoms in total. The second-order valence-electron chi connectivity index (χ2n) is 6.79. The molecule has 0 saturated heterocycles. The van der Waals surface area contributed by atoms with Gasteiger partial charge in [-0.05, 0) is 12.8 Å². The van der Waals surface area contributed by atoms with E-state index in [1.807, 2.05) is 0 Å². The molecule has 1 amide bonds. The molecule has 158 valence electrons. The Bertz CT molecular complexity index is 1070. The molecule has 0 radical (unpaired) electrons. The summed E-state index contributed by atoms with van der Waals surface area (Å²) < 4.78 is 25.9. The summed E-state index contributed by atoms with van der Waals surface area (Å²) in [6.45, 7) is 0.619. The van der Waals surface area contributed by atoms with Crippen molar-refractivity contribution >= 4 is 28.9 Å². The van der Waals surface area contributed by atoms with Gasteiger partial charge in [-0.15, -0.1) is 0 Å². The fourth-order valence-electron chi connectivity index (χ4n) is 2.85. The van der Waals surface area contributed by atoms with E-state index in [0.717, 1.165) is 19.0 Å². The van der Waals surface area contributed by atoms with Gasteiger partial charge < -0.3 is 25.4 Å². The predicted molar refractivity (Wildman–Crippen MR) is 108 cm³/mol. The van der Waals surface area contributed by atoms with Crippen LogP contribution >= 0.6 is 0 Å². The molecule has 1 saturated carbocycles. The molecule has 0 bridgehead atoms. The zero-order chi connectivity index (χ0) is 21.1. The first kappa shape index (κ1) is 19.8. The van der Waals surface area contributed by atoms with Gasteiger partial charge in [0.15, 0.2) is 5.65 Å². The van der Waals surface area contributed by atoms with Crippen LogP contribution in [0.3, 0.4) is 0 Å². The molecule has 1 aliphatic carbocycles. The lowest BCUT2D eigenvalue weighted by molar-refractivity contribution is 0.0952. The number of methoxy groups -OCH3 is 1. The number of amides is 1. The van der Waals surface area contributed by atoms with Gasteiger partial charge >= 0.3 is 0 Å². The van der Waals surface area contributed by atoms with E-state index in [1.54, 1.807) is 20.2 Å². The van der Waals surface area contributed by atoms with Crippen molar-refractivity contribution in [3.8, 4) is 5.88 Å². The van der Waals surface area contributed by atoms with Crippen molar-refractivity contribution in [3.05, 3.63) is 35.9 Å². The van der Waals surface area contributed by atoms with E-state index in [0.29, 0.717) is 35.1 Å². The van der Waals surface area contributed by atoms with Gasteiger partial charge in [0, 0.05) is 32.3 Å². The zero-order valence-corrected chi connectivity index (χ0v) is 16.6. The standard InChI is InChI=1S/C19H22FN7O3/c1-21-16-8-15(25-14-7-11(20)9-22-19(14)30-6-5-29-2)26-17-13(10-23-27(16)17)18(28)24-12-3-4-12/h7-10,12,21H,3-6H2,1-2H3,(H,24,28)(H,25,26). The molecule has 1 fully saturated rings. The van der Waals surface area contributed by atoms with E-state index in [2.05, 4.69) is 31.0 Å². The smallest absolute Gasteiger partial charge is 0.256 e. The molecule has 0 unspecified atom stereocenters. The van der Waals surface area contributed by atoms with E-state index >= 15 is 0 Å². The van der Waals surface area contributed by atoms with Crippen LogP contribution in [-0.4, -0.2) is 58.9 Å². The van der Waals surface area contributed by atoms with Gasteiger partial charge in [-0.3, -0.25) is 4.79 Å². The number of aromatic nitrogens is 4. The molecule has 3 heterocycles. The van der Waals surface area contributed by atoms with E-state index < -0.39 is 5.82 Å². The van der Waals surface area contributed by atoms with E-state index in [9.17, 15) is 9.18 Å². The van der Waals surface area contributed by atoms with Crippen LogP contribution in [0.15, 0.2) is 24.5 Å². The van der Waals surface area contributed by atoms with Crippen molar-refractivity contribution in [1.82, 2.24) is 24.9 Å². The van der Waals surface area contributed by atoms with Crippen LogP contribution in [-0.2, 0) is 4.74 Å². The summed E-state index contributed by atoms with van der Waals surface area (Å²) in [5, 5.41) is 13.2. The maximum absolute atomic E-state index is 13.8. The Morgan fingerprint density at radius 3 is 2.87 bits per heavy atom. The van der Waals surface area contributed by atoms with Crippen LogP contribution in [0, 0.1) is 5.82 Å². The first-order chi connectivity index (χ1) is 14.6. The second-order valence-corrected chi connectivity index (χ2v) is 6.79. The molecule has 3 aromatic rings. The molecule has 11 heteroatoms. The number of fused-ring (bicyclic) bond motifs is 1. The number of rotatable bonds is 9. The first-order valence-corrected chi connectivity index (χ1v) is 9.50. The number of carbonyl (C=O) groups is 1. The van der Waals surface area contributed by atoms with Crippen LogP contribution < -0.4 is 20.7 Å². The van der Waals surface area contributed by atoms with Gasteiger partial charge in [0.25, 0.3) is 5.91 Å². The summed E-state index contributed by atoms with van der Waals surface area (Å²) in [5.74, 6) is 0.424. The Morgan fingerprint density at radius 2 is 2.13 bits per heavy atom. The minimum absolute atomic E-state index is 0.210. The number of hydrogen-bond donors (Lipinski definition) is 3. The summed E-state index contributed by atoms with van der Waals surface area (Å²) in [6.07, 6.45) is 4.50. The van der Waals surface area contributed by atoms with Crippen molar-refractivity contribution < 1.29 is 18.7 Å². The van der Waals surface area contributed by atoms with E-state index in [-0.39, 0.29) is 24.4 Å². The molecule has 0 aromatic carbocycles. The maximum Gasteiger partial charge on any atom is 0.256 e. The summed E-state index contributed by atoms with van der Waals surface area (Å²) in [5.41, 5.74) is 1.03. The highest BCUT2D eigenvalue weighted by Gasteiger charge is 2.26. The van der Waals surface area contributed by atoms with E-state index in [4.69, 9.17) is 9.47 Å². The Labute approximate surface area is 171 Å². The van der Waals surface area contributed by atoms with Crippen molar-refractivity contribution in [2.24, 2.45) is 0 Å². The van der Waals surface area contributed by atoms with Crippen LogP contribution in [0.2, 0.25) is 0 Å². The molecule has 30 heavy (non-hydrogen) atoms. The van der Waals surface area contributed by atoms with Gasteiger partial charge in [0.2, 0.25) is 5.88 Å². The molecule has 3 N–H and O–H groups in total. The Balaban J connectivity index is 1.67. The minimum atomic E-state index is -0.527. The number of nitrogens with zero attached hydrogens (tertiary/aromatic N) is 4. The Morgan fingerprint density at radius 1 is 1.30 bits per heavy atom. The quantitative estimate of drug-likeness (QED) is 0.455. The van der Waals surface area contributed by atoms with Gasteiger partial charge in [0.1, 0.15) is 35.3 Å². The Hall–Kier alpha value is -3.47. The average molecular weight is 415 g/mol. The monoisotopic (exact) mass is 415 g/mol. The molecule has 0 atom stereocenters. The highest BCUT2D eigenvalue weighted by atomic mass is 19.1. The summed E-state index contributed by atoms with van der Waals surface area (Å²) >= 11 is 0. The predicted octanol–water partition coefficient (Wildman–Crippen LogP) is 1.97. The summed E-state index contributed by atoms with van der Waals surface area (Å²) in [4.78, 5) is 21.0. The molecule has 1 aliphatic rings. The fraction of sp³-hybridized carbons (Fsp3) is 0.368. The largest absolute Gasteiger partial charge is 0.474 e. The highest BCUT2D eigenvalue weighted by Crippen LogP contribution is 2.28. The lowest BCUT2D eigenvalue weighted by atomic mass is 10.3. The van der Waals surface area contributed by atoms with Crippen LogP contribution in [0.4, 0.5) is 21.7 Å². The fourth-order valence-corrected chi connectivity index (χ4v) is 2.85. The number of carbonyl (C=O) groups excluding carboxylic acids is 1. The zero-order valence-electron chi connectivity index (χ0n) is 16.6. The van der Waals surface area contributed by atoms with Gasteiger partial charge in [-0.25, -0.2) is 14.4 Å². The molecular formula is C19H22FN7O3. The minimum Gasteiger partial charge on any atom is -0.474 e.